The van der Waals surface area contributed by atoms with Crippen LogP contribution in [0.25, 0.3) is 5.65 Å². The van der Waals surface area contributed by atoms with Gasteiger partial charge in [0.2, 0.25) is 0 Å². The number of rotatable bonds is 6. The molecule has 108 valence electrons. The molecule has 0 bridgehead atoms. The largest absolute Gasteiger partial charge is 0.395 e. The van der Waals surface area contributed by atoms with Crippen LogP contribution in [0.2, 0.25) is 0 Å². The Hall–Kier alpha value is -1.59. The highest BCUT2D eigenvalue weighted by Crippen LogP contribution is 2.31. The van der Waals surface area contributed by atoms with Crippen LogP contribution in [0.5, 0.6) is 0 Å². The van der Waals surface area contributed by atoms with Crippen LogP contribution >= 0.6 is 0 Å². The maximum atomic E-state index is 9.37. The summed E-state index contributed by atoms with van der Waals surface area (Å²) in [6.07, 6.45) is 5.73. The monoisotopic (exact) mass is 274 g/mol. The molecule has 2 aromatic rings. The molecule has 0 unspecified atom stereocenters. The summed E-state index contributed by atoms with van der Waals surface area (Å²) in [5.74, 6) is 1.02. The average molecular weight is 274 g/mol. The Bertz CT molecular complexity index is 576. The van der Waals surface area contributed by atoms with Gasteiger partial charge >= 0.3 is 0 Å². The second-order valence-electron chi connectivity index (χ2n) is 5.34. The lowest BCUT2D eigenvalue weighted by Crippen LogP contribution is -2.42. The standard InChI is InChI=1S/C15H22N4O/c1-16-11-13-15(17-14-7-2-3-8-19(13)14)18(9-10-20)12-5-4-6-12/h2-3,7-8,12,16,20H,4-6,9-11H2,1H3. The van der Waals surface area contributed by atoms with Gasteiger partial charge in [0.05, 0.1) is 12.3 Å². The van der Waals surface area contributed by atoms with E-state index in [1.165, 1.54) is 25.0 Å². The van der Waals surface area contributed by atoms with E-state index in [9.17, 15) is 5.11 Å². The van der Waals surface area contributed by atoms with Crippen molar-refractivity contribution in [1.82, 2.24) is 14.7 Å². The molecular formula is C15H22N4O. The number of aliphatic hydroxyl groups is 1. The lowest BCUT2D eigenvalue weighted by Gasteiger charge is -2.38. The fraction of sp³-hybridized carbons (Fsp3) is 0.533. The Morgan fingerprint density at radius 1 is 1.45 bits per heavy atom. The summed E-state index contributed by atoms with van der Waals surface area (Å²) in [5, 5.41) is 12.6. The molecule has 2 N–H and O–H groups in total. The Kier molecular flexibility index (Phi) is 3.89. The highest BCUT2D eigenvalue weighted by molar-refractivity contribution is 5.56. The van der Waals surface area contributed by atoms with Gasteiger partial charge in [0, 0.05) is 25.3 Å². The van der Waals surface area contributed by atoms with E-state index in [1.807, 2.05) is 25.2 Å². The number of nitrogens with zero attached hydrogens (tertiary/aromatic N) is 3. The maximum absolute atomic E-state index is 9.37. The van der Waals surface area contributed by atoms with E-state index in [0.29, 0.717) is 12.6 Å². The smallest absolute Gasteiger partial charge is 0.152 e. The zero-order valence-corrected chi connectivity index (χ0v) is 11.9. The van der Waals surface area contributed by atoms with Gasteiger partial charge in [0.15, 0.2) is 5.82 Å². The number of aliphatic hydroxyl groups excluding tert-OH is 1. The molecule has 2 aromatic heterocycles. The van der Waals surface area contributed by atoms with Crippen LogP contribution in [0.15, 0.2) is 24.4 Å². The molecule has 1 aliphatic rings. The summed E-state index contributed by atoms with van der Waals surface area (Å²) in [4.78, 5) is 7.07. The third kappa shape index (κ3) is 2.27. The van der Waals surface area contributed by atoms with Crippen LogP contribution in [-0.4, -0.2) is 40.7 Å². The maximum Gasteiger partial charge on any atom is 0.152 e. The van der Waals surface area contributed by atoms with Gasteiger partial charge in [-0.15, -0.1) is 0 Å². The van der Waals surface area contributed by atoms with E-state index in [4.69, 9.17) is 4.98 Å². The minimum Gasteiger partial charge on any atom is -0.395 e. The number of fused-ring (bicyclic) bond motifs is 1. The Balaban J connectivity index is 2.04. The molecule has 3 rings (SSSR count). The van der Waals surface area contributed by atoms with E-state index in [1.54, 1.807) is 0 Å². The number of hydrogen-bond donors (Lipinski definition) is 2. The molecule has 0 saturated heterocycles. The molecule has 0 aliphatic heterocycles. The first-order valence-corrected chi connectivity index (χ1v) is 7.33. The van der Waals surface area contributed by atoms with E-state index < -0.39 is 0 Å². The summed E-state index contributed by atoms with van der Waals surface area (Å²) in [7, 11) is 1.95. The predicted molar refractivity (Wildman–Crippen MR) is 80.0 cm³/mol. The summed E-state index contributed by atoms with van der Waals surface area (Å²) in [6, 6.07) is 6.59. The van der Waals surface area contributed by atoms with Crippen molar-refractivity contribution in [2.75, 3.05) is 25.1 Å². The second-order valence-corrected chi connectivity index (χ2v) is 5.34. The van der Waals surface area contributed by atoms with Crippen molar-refractivity contribution in [3.63, 3.8) is 0 Å². The number of pyridine rings is 1. The summed E-state index contributed by atoms with van der Waals surface area (Å²) < 4.78 is 2.13. The quantitative estimate of drug-likeness (QED) is 0.836. The van der Waals surface area contributed by atoms with Crippen LogP contribution in [0.3, 0.4) is 0 Å². The second kappa shape index (κ2) is 5.81. The zero-order chi connectivity index (χ0) is 13.9. The molecule has 0 amide bonds. The molecule has 1 fully saturated rings. The van der Waals surface area contributed by atoms with Gasteiger partial charge in [-0.1, -0.05) is 6.07 Å². The lowest BCUT2D eigenvalue weighted by molar-refractivity contribution is 0.283. The number of nitrogens with one attached hydrogen (secondary N) is 1. The summed E-state index contributed by atoms with van der Waals surface area (Å²) in [5.41, 5.74) is 2.14. The molecule has 1 saturated carbocycles. The first-order chi connectivity index (χ1) is 9.85. The van der Waals surface area contributed by atoms with Gasteiger partial charge < -0.3 is 19.7 Å². The van der Waals surface area contributed by atoms with Crippen LogP contribution in [0, 0.1) is 0 Å². The molecule has 0 radical (unpaired) electrons. The van der Waals surface area contributed by atoms with Gasteiger partial charge in [0.1, 0.15) is 5.65 Å². The van der Waals surface area contributed by atoms with Crippen molar-refractivity contribution in [2.24, 2.45) is 0 Å². The minimum absolute atomic E-state index is 0.170. The van der Waals surface area contributed by atoms with Gasteiger partial charge in [-0.05, 0) is 38.4 Å². The normalized spacial score (nSPS) is 15.5. The first kappa shape index (κ1) is 13.4. The van der Waals surface area contributed by atoms with Crippen molar-refractivity contribution in [3.8, 4) is 0 Å². The number of anilines is 1. The molecule has 2 heterocycles. The topological polar surface area (TPSA) is 52.8 Å². The molecule has 5 nitrogen and oxygen atoms in total. The fourth-order valence-electron chi connectivity index (χ4n) is 2.86. The van der Waals surface area contributed by atoms with Crippen molar-refractivity contribution in [2.45, 2.75) is 31.8 Å². The third-order valence-electron chi connectivity index (χ3n) is 4.08. The van der Waals surface area contributed by atoms with Crippen LogP contribution in [-0.2, 0) is 6.54 Å². The summed E-state index contributed by atoms with van der Waals surface area (Å²) >= 11 is 0. The van der Waals surface area contributed by atoms with E-state index >= 15 is 0 Å². The molecule has 0 aromatic carbocycles. The van der Waals surface area contributed by atoms with Gasteiger partial charge in [0.25, 0.3) is 0 Å². The summed E-state index contributed by atoms with van der Waals surface area (Å²) in [6.45, 7) is 1.60. The number of imidazole rings is 1. The first-order valence-electron chi connectivity index (χ1n) is 7.33. The SMILES string of the molecule is CNCc1c(N(CCO)C2CCC2)nc2ccccn12. The number of hydrogen-bond acceptors (Lipinski definition) is 4. The zero-order valence-electron chi connectivity index (χ0n) is 11.9. The van der Waals surface area contributed by atoms with Gasteiger partial charge in [-0.3, -0.25) is 0 Å². The molecule has 20 heavy (non-hydrogen) atoms. The molecule has 0 spiro atoms. The van der Waals surface area contributed by atoms with Crippen LogP contribution < -0.4 is 10.2 Å². The van der Waals surface area contributed by atoms with Crippen molar-refractivity contribution >= 4 is 11.5 Å². The van der Waals surface area contributed by atoms with E-state index in [2.05, 4.69) is 20.8 Å². The lowest BCUT2D eigenvalue weighted by atomic mass is 9.91. The van der Waals surface area contributed by atoms with Crippen LogP contribution in [0.1, 0.15) is 25.0 Å². The van der Waals surface area contributed by atoms with E-state index in [0.717, 1.165) is 18.0 Å². The Labute approximate surface area is 119 Å². The highest BCUT2D eigenvalue weighted by atomic mass is 16.3. The minimum atomic E-state index is 0.170. The van der Waals surface area contributed by atoms with Crippen molar-refractivity contribution < 1.29 is 5.11 Å². The predicted octanol–water partition coefficient (Wildman–Crippen LogP) is 1.40. The molecular weight excluding hydrogens is 252 g/mol. The average Bonchev–Trinajstić information content (AvgIpc) is 2.76. The van der Waals surface area contributed by atoms with E-state index in [-0.39, 0.29) is 6.61 Å². The fourth-order valence-corrected chi connectivity index (χ4v) is 2.86. The third-order valence-corrected chi connectivity index (χ3v) is 4.08. The molecule has 0 atom stereocenters. The Morgan fingerprint density at radius 3 is 2.95 bits per heavy atom. The molecule has 5 heteroatoms. The van der Waals surface area contributed by atoms with Crippen LogP contribution in [0.4, 0.5) is 5.82 Å². The number of aromatic nitrogens is 2. The molecule has 1 aliphatic carbocycles. The van der Waals surface area contributed by atoms with Gasteiger partial charge in [-0.25, -0.2) is 4.98 Å². The van der Waals surface area contributed by atoms with Crippen molar-refractivity contribution in [1.29, 1.82) is 0 Å². The van der Waals surface area contributed by atoms with Crippen molar-refractivity contribution in [3.05, 3.63) is 30.1 Å². The Morgan fingerprint density at radius 2 is 2.30 bits per heavy atom. The highest BCUT2D eigenvalue weighted by Gasteiger charge is 2.28. The van der Waals surface area contributed by atoms with Gasteiger partial charge in [-0.2, -0.15) is 0 Å².